The van der Waals surface area contributed by atoms with Crippen molar-refractivity contribution in [2.75, 3.05) is 5.73 Å². The zero-order valence-electron chi connectivity index (χ0n) is 9.84. The zero-order valence-corrected chi connectivity index (χ0v) is 9.84. The summed E-state index contributed by atoms with van der Waals surface area (Å²) in [7, 11) is 0. The first-order valence-corrected chi connectivity index (χ1v) is 5.37. The third-order valence-electron chi connectivity index (χ3n) is 2.49. The van der Waals surface area contributed by atoms with Crippen molar-refractivity contribution in [3.05, 3.63) is 48.0 Å². The molecule has 7 heteroatoms. The van der Waals surface area contributed by atoms with E-state index in [1.165, 1.54) is 12.1 Å². The Morgan fingerprint density at radius 3 is 2.05 bits per heavy atom. The summed E-state index contributed by atoms with van der Waals surface area (Å²) in [6.45, 7) is 0. The molecule has 0 amide bonds. The third-order valence-corrected chi connectivity index (χ3v) is 2.49. The molecule has 0 radical (unpaired) electrons. The van der Waals surface area contributed by atoms with E-state index in [1.807, 2.05) is 0 Å². The van der Waals surface area contributed by atoms with Gasteiger partial charge in [-0.3, -0.25) is 0 Å². The molecule has 2 aromatic carbocycles. The average molecular weight is 289 g/mol. The van der Waals surface area contributed by atoms with E-state index in [1.54, 1.807) is 0 Å². The van der Waals surface area contributed by atoms with Crippen LogP contribution in [0.1, 0.15) is 0 Å². The summed E-state index contributed by atoms with van der Waals surface area (Å²) in [5.74, 6) is -2.19. The Labute approximate surface area is 110 Å². The minimum Gasteiger partial charge on any atom is -0.406 e. The number of nitrogens with two attached hydrogens (primary N) is 1. The van der Waals surface area contributed by atoms with Crippen molar-refractivity contribution in [2.24, 2.45) is 0 Å². The highest BCUT2D eigenvalue weighted by Gasteiger charge is 2.31. The molecule has 0 aliphatic rings. The van der Waals surface area contributed by atoms with Gasteiger partial charge in [-0.15, -0.1) is 13.2 Å². The van der Waals surface area contributed by atoms with Gasteiger partial charge in [0.05, 0.1) is 5.69 Å². The molecular formula is C13H8F5NO. The summed E-state index contributed by atoms with van der Waals surface area (Å²) in [6.07, 6.45) is -4.80. The molecule has 0 unspecified atom stereocenters. The molecule has 0 fully saturated rings. The molecule has 2 rings (SSSR count). The van der Waals surface area contributed by atoms with Gasteiger partial charge in [-0.25, -0.2) is 8.78 Å². The number of anilines is 1. The predicted octanol–water partition coefficient (Wildman–Crippen LogP) is 4.11. The predicted molar refractivity (Wildman–Crippen MR) is 62.9 cm³/mol. The van der Waals surface area contributed by atoms with Crippen molar-refractivity contribution < 1.29 is 26.7 Å². The maximum Gasteiger partial charge on any atom is 0.573 e. The molecule has 0 atom stereocenters. The Kier molecular flexibility index (Phi) is 3.52. The van der Waals surface area contributed by atoms with Crippen LogP contribution in [0.4, 0.5) is 27.6 Å². The first kappa shape index (κ1) is 14.1. The summed E-state index contributed by atoms with van der Waals surface area (Å²) in [5.41, 5.74) is 5.31. The zero-order chi connectivity index (χ0) is 14.9. The highest BCUT2D eigenvalue weighted by molar-refractivity contribution is 5.68. The summed E-state index contributed by atoms with van der Waals surface area (Å²) in [5, 5.41) is 0. The number of nitrogen functional groups attached to an aromatic ring is 1. The van der Waals surface area contributed by atoms with Gasteiger partial charge in [-0.1, -0.05) is 12.1 Å². The molecule has 0 aromatic heterocycles. The van der Waals surface area contributed by atoms with Crippen molar-refractivity contribution in [2.45, 2.75) is 6.36 Å². The first-order valence-electron chi connectivity index (χ1n) is 5.37. The molecule has 0 saturated carbocycles. The van der Waals surface area contributed by atoms with Gasteiger partial charge in [-0.05, 0) is 23.8 Å². The molecule has 2 nitrogen and oxygen atoms in total. The molecule has 0 saturated heterocycles. The van der Waals surface area contributed by atoms with E-state index in [-0.39, 0.29) is 16.8 Å². The molecule has 0 aliphatic carbocycles. The monoisotopic (exact) mass is 289 g/mol. The van der Waals surface area contributed by atoms with Crippen LogP contribution in [0.3, 0.4) is 0 Å². The number of alkyl halides is 3. The quantitative estimate of drug-likeness (QED) is 0.667. The van der Waals surface area contributed by atoms with E-state index in [2.05, 4.69) is 4.74 Å². The van der Waals surface area contributed by atoms with E-state index >= 15 is 0 Å². The van der Waals surface area contributed by atoms with Crippen LogP contribution in [0, 0.1) is 11.6 Å². The fourth-order valence-electron chi connectivity index (χ4n) is 1.62. The largest absolute Gasteiger partial charge is 0.573 e. The Balaban J connectivity index is 2.33. The van der Waals surface area contributed by atoms with E-state index in [9.17, 15) is 22.0 Å². The van der Waals surface area contributed by atoms with Crippen LogP contribution in [0.15, 0.2) is 36.4 Å². The maximum absolute atomic E-state index is 13.6. The lowest BCUT2D eigenvalue weighted by molar-refractivity contribution is -0.274. The summed E-state index contributed by atoms with van der Waals surface area (Å²) in [6, 6.07) is 6.19. The molecule has 0 spiro atoms. The molecule has 2 N–H and O–H groups in total. The summed E-state index contributed by atoms with van der Waals surface area (Å²) < 4.78 is 66.2. The SMILES string of the molecule is Nc1cc(-c2ccc(OC(F)(F)F)cc2)c(F)cc1F. The highest BCUT2D eigenvalue weighted by Crippen LogP contribution is 2.29. The van der Waals surface area contributed by atoms with Crippen molar-refractivity contribution in [3.63, 3.8) is 0 Å². The van der Waals surface area contributed by atoms with Gasteiger partial charge in [0.15, 0.2) is 0 Å². The van der Waals surface area contributed by atoms with Crippen LogP contribution < -0.4 is 10.5 Å². The summed E-state index contributed by atoms with van der Waals surface area (Å²) >= 11 is 0. The van der Waals surface area contributed by atoms with Crippen molar-refractivity contribution in [3.8, 4) is 16.9 Å². The number of ether oxygens (including phenoxy) is 1. The van der Waals surface area contributed by atoms with Gasteiger partial charge in [0, 0.05) is 11.6 Å². The van der Waals surface area contributed by atoms with Crippen molar-refractivity contribution in [1.29, 1.82) is 0 Å². The number of hydrogen-bond donors (Lipinski definition) is 1. The van der Waals surface area contributed by atoms with E-state index in [0.29, 0.717) is 6.07 Å². The second kappa shape index (κ2) is 4.99. The van der Waals surface area contributed by atoms with Gasteiger partial charge in [0.1, 0.15) is 17.4 Å². The number of benzene rings is 2. The number of hydrogen-bond acceptors (Lipinski definition) is 2. The van der Waals surface area contributed by atoms with Crippen molar-refractivity contribution in [1.82, 2.24) is 0 Å². The second-order valence-electron chi connectivity index (χ2n) is 3.93. The van der Waals surface area contributed by atoms with Crippen LogP contribution in [0.5, 0.6) is 5.75 Å². The third kappa shape index (κ3) is 3.17. The van der Waals surface area contributed by atoms with E-state index in [4.69, 9.17) is 5.73 Å². The van der Waals surface area contributed by atoms with Gasteiger partial charge in [-0.2, -0.15) is 0 Å². The highest BCUT2D eigenvalue weighted by atomic mass is 19.4. The average Bonchev–Trinajstić information content (AvgIpc) is 2.33. The molecule has 106 valence electrons. The fraction of sp³-hybridized carbons (Fsp3) is 0.0769. The molecular weight excluding hydrogens is 281 g/mol. The van der Waals surface area contributed by atoms with Crippen LogP contribution in [-0.4, -0.2) is 6.36 Å². The van der Waals surface area contributed by atoms with Gasteiger partial charge < -0.3 is 10.5 Å². The lowest BCUT2D eigenvalue weighted by Gasteiger charge is -2.10. The second-order valence-corrected chi connectivity index (χ2v) is 3.93. The Morgan fingerprint density at radius 1 is 0.900 bits per heavy atom. The Hall–Kier alpha value is -2.31. The Morgan fingerprint density at radius 2 is 1.50 bits per heavy atom. The molecule has 2 aromatic rings. The lowest BCUT2D eigenvalue weighted by atomic mass is 10.0. The maximum atomic E-state index is 13.6. The molecule has 0 aliphatic heterocycles. The number of rotatable bonds is 2. The molecule has 20 heavy (non-hydrogen) atoms. The van der Waals surface area contributed by atoms with Crippen LogP contribution in [0.25, 0.3) is 11.1 Å². The normalized spacial score (nSPS) is 11.4. The van der Waals surface area contributed by atoms with Crippen LogP contribution in [-0.2, 0) is 0 Å². The van der Waals surface area contributed by atoms with Gasteiger partial charge >= 0.3 is 6.36 Å². The molecule has 0 heterocycles. The number of halogens is 5. The van der Waals surface area contributed by atoms with Gasteiger partial charge in [0.25, 0.3) is 0 Å². The van der Waals surface area contributed by atoms with E-state index in [0.717, 1.165) is 18.2 Å². The smallest absolute Gasteiger partial charge is 0.406 e. The van der Waals surface area contributed by atoms with E-state index < -0.39 is 23.7 Å². The first-order chi connectivity index (χ1) is 9.26. The van der Waals surface area contributed by atoms with Gasteiger partial charge in [0.2, 0.25) is 0 Å². The van der Waals surface area contributed by atoms with Crippen LogP contribution >= 0.6 is 0 Å². The fourth-order valence-corrected chi connectivity index (χ4v) is 1.62. The van der Waals surface area contributed by atoms with Crippen molar-refractivity contribution >= 4 is 5.69 Å². The minimum atomic E-state index is -4.80. The topological polar surface area (TPSA) is 35.2 Å². The standard InChI is InChI=1S/C13H8F5NO/c14-10-6-11(15)12(19)5-9(10)7-1-3-8(4-2-7)20-13(16,17)18/h1-6H,19H2. The summed E-state index contributed by atoms with van der Waals surface area (Å²) in [4.78, 5) is 0. The lowest BCUT2D eigenvalue weighted by Crippen LogP contribution is -2.16. The minimum absolute atomic E-state index is 0.0116. The van der Waals surface area contributed by atoms with Crippen LogP contribution in [0.2, 0.25) is 0 Å². The Bertz CT molecular complexity index is 622. The molecule has 0 bridgehead atoms.